The van der Waals surface area contributed by atoms with Crippen molar-refractivity contribution >= 4 is 5.78 Å². The molecule has 3 heterocycles. The molecule has 0 N–H and O–H groups in total. The summed E-state index contributed by atoms with van der Waals surface area (Å²) < 4.78 is 47.0. The fourth-order valence-corrected chi connectivity index (χ4v) is 5.14. The standard InChI is InChI=1S/C25H33F3N4O3/c1-17-29-23(31-35-17)15-21(33)14-19-4-2-18(3-5-19)8-11-32-12-9-20-6-7-24(30-22(20)10-13-32)34-16-25(26,27)28/h6-7,18-19H,2-5,8-16H2,1H3. The first-order chi connectivity index (χ1) is 16.7. The number of fused-ring (bicyclic) bond motifs is 1. The zero-order valence-corrected chi connectivity index (χ0v) is 20.1. The molecule has 0 spiro atoms. The fraction of sp³-hybridized carbons (Fsp3) is 0.680. The van der Waals surface area contributed by atoms with E-state index in [1.807, 2.05) is 6.07 Å². The molecule has 2 aromatic heterocycles. The predicted octanol–water partition coefficient (Wildman–Crippen LogP) is 4.51. The van der Waals surface area contributed by atoms with Crippen LogP contribution in [0.1, 0.15) is 61.5 Å². The van der Waals surface area contributed by atoms with Crippen molar-refractivity contribution in [3.8, 4) is 5.88 Å². The van der Waals surface area contributed by atoms with Gasteiger partial charge < -0.3 is 14.2 Å². The molecule has 2 aliphatic rings. The fourth-order valence-electron chi connectivity index (χ4n) is 5.14. The summed E-state index contributed by atoms with van der Waals surface area (Å²) in [7, 11) is 0. The molecular formula is C25H33F3N4O3. The van der Waals surface area contributed by atoms with E-state index in [2.05, 4.69) is 20.0 Å². The lowest BCUT2D eigenvalue weighted by Crippen LogP contribution is -2.29. The van der Waals surface area contributed by atoms with Crippen LogP contribution in [0, 0.1) is 18.8 Å². The van der Waals surface area contributed by atoms with Gasteiger partial charge in [0.2, 0.25) is 11.8 Å². The second-order valence-corrected chi connectivity index (χ2v) is 9.83. The molecule has 192 valence electrons. The lowest BCUT2D eigenvalue weighted by molar-refractivity contribution is -0.154. The lowest BCUT2D eigenvalue weighted by atomic mass is 9.78. The first-order valence-electron chi connectivity index (χ1n) is 12.4. The Morgan fingerprint density at radius 3 is 2.57 bits per heavy atom. The van der Waals surface area contributed by atoms with Crippen molar-refractivity contribution in [2.24, 2.45) is 11.8 Å². The van der Waals surface area contributed by atoms with Crippen LogP contribution < -0.4 is 4.74 Å². The Bertz CT molecular complexity index is 987. The molecule has 1 saturated carbocycles. The minimum atomic E-state index is -4.37. The van der Waals surface area contributed by atoms with E-state index in [0.29, 0.717) is 36.4 Å². The average molecular weight is 495 g/mol. The third-order valence-electron chi connectivity index (χ3n) is 7.05. The number of ketones is 1. The maximum absolute atomic E-state index is 12.4. The van der Waals surface area contributed by atoms with Gasteiger partial charge >= 0.3 is 6.18 Å². The molecule has 0 atom stereocenters. The van der Waals surface area contributed by atoms with Crippen LogP contribution in [0.5, 0.6) is 5.88 Å². The van der Waals surface area contributed by atoms with Crippen LogP contribution in [0.4, 0.5) is 13.2 Å². The summed E-state index contributed by atoms with van der Waals surface area (Å²) in [6.07, 6.45) is 3.62. The molecule has 0 aromatic carbocycles. The van der Waals surface area contributed by atoms with Crippen LogP contribution in [0.2, 0.25) is 0 Å². The number of halogens is 3. The van der Waals surface area contributed by atoms with Gasteiger partial charge in [-0.1, -0.05) is 24.1 Å². The number of nitrogens with zero attached hydrogens (tertiary/aromatic N) is 4. The first kappa shape index (κ1) is 25.6. The molecule has 0 bridgehead atoms. The van der Waals surface area contributed by atoms with Gasteiger partial charge in [-0.25, -0.2) is 4.98 Å². The van der Waals surface area contributed by atoms with Gasteiger partial charge in [-0.05, 0) is 49.6 Å². The van der Waals surface area contributed by atoms with Gasteiger partial charge in [-0.15, -0.1) is 0 Å². The quantitative estimate of drug-likeness (QED) is 0.507. The lowest BCUT2D eigenvalue weighted by Gasteiger charge is -2.30. The van der Waals surface area contributed by atoms with Crippen LogP contribution >= 0.6 is 0 Å². The minimum absolute atomic E-state index is 0.0390. The average Bonchev–Trinajstić information content (AvgIpc) is 3.10. The summed E-state index contributed by atoms with van der Waals surface area (Å²) in [4.78, 5) is 23.2. The number of hydrogen-bond acceptors (Lipinski definition) is 7. The highest BCUT2D eigenvalue weighted by atomic mass is 19.4. The van der Waals surface area contributed by atoms with E-state index in [4.69, 9.17) is 9.26 Å². The summed E-state index contributed by atoms with van der Waals surface area (Å²) in [5, 5.41) is 3.81. The Kier molecular flexibility index (Phi) is 8.41. The van der Waals surface area contributed by atoms with Crippen LogP contribution in [0.15, 0.2) is 16.7 Å². The Morgan fingerprint density at radius 1 is 1.11 bits per heavy atom. The molecule has 2 aromatic rings. The van der Waals surface area contributed by atoms with Gasteiger partial charge in [-0.3, -0.25) is 4.79 Å². The zero-order chi connectivity index (χ0) is 24.8. The molecule has 4 rings (SSSR count). The first-order valence-corrected chi connectivity index (χ1v) is 12.4. The van der Waals surface area contributed by atoms with Gasteiger partial charge in [0.05, 0.1) is 6.42 Å². The summed E-state index contributed by atoms with van der Waals surface area (Å²) in [5.41, 5.74) is 1.93. The van der Waals surface area contributed by atoms with Crippen LogP contribution in [-0.4, -0.2) is 58.2 Å². The van der Waals surface area contributed by atoms with Gasteiger partial charge in [0.15, 0.2) is 12.4 Å². The Balaban J connectivity index is 1.16. The molecule has 10 heteroatoms. The smallest absolute Gasteiger partial charge is 0.422 e. The second-order valence-electron chi connectivity index (χ2n) is 9.83. The molecule has 35 heavy (non-hydrogen) atoms. The highest BCUT2D eigenvalue weighted by molar-refractivity contribution is 5.80. The van der Waals surface area contributed by atoms with E-state index >= 15 is 0 Å². The van der Waals surface area contributed by atoms with E-state index in [1.54, 1.807) is 6.92 Å². The topological polar surface area (TPSA) is 81.4 Å². The van der Waals surface area contributed by atoms with Crippen molar-refractivity contribution in [3.05, 3.63) is 35.1 Å². The van der Waals surface area contributed by atoms with Crippen LogP contribution in [-0.2, 0) is 24.1 Å². The molecule has 0 amide bonds. The van der Waals surface area contributed by atoms with Crippen molar-refractivity contribution in [1.29, 1.82) is 0 Å². The van der Waals surface area contributed by atoms with Gasteiger partial charge in [0.25, 0.3) is 0 Å². The monoisotopic (exact) mass is 494 g/mol. The van der Waals surface area contributed by atoms with E-state index in [1.165, 1.54) is 6.07 Å². The minimum Gasteiger partial charge on any atom is -0.468 e. The summed E-state index contributed by atoms with van der Waals surface area (Å²) in [6, 6.07) is 3.38. The number of carbonyl (C=O) groups is 1. The molecule has 0 saturated heterocycles. The van der Waals surface area contributed by atoms with Crippen LogP contribution in [0.3, 0.4) is 0 Å². The van der Waals surface area contributed by atoms with Crippen molar-refractivity contribution in [1.82, 2.24) is 20.0 Å². The highest BCUT2D eigenvalue weighted by Crippen LogP contribution is 2.33. The largest absolute Gasteiger partial charge is 0.468 e. The summed E-state index contributed by atoms with van der Waals surface area (Å²) in [5.74, 6) is 2.29. The molecule has 7 nitrogen and oxygen atoms in total. The van der Waals surface area contributed by atoms with Crippen molar-refractivity contribution in [3.63, 3.8) is 0 Å². The zero-order valence-electron chi connectivity index (χ0n) is 20.1. The number of Topliss-reactive ketones (excluding diaryl/α,β-unsaturated/α-hetero) is 1. The molecule has 1 aliphatic heterocycles. The summed E-state index contributed by atoms with van der Waals surface area (Å²) >= 11 is 0. The molecule has 1 fully saturated rings. The molecule has 0 radical (unpaired) electrons. The van der Waals surface area contributed by atoms with E-state index in [0.717, 1.165) is 69.4 Å². The number of ether oxygens (including phenoxy) is 1. The number of hydrogen-bond donors (Lipinski definition) is 0. The number of aromatic nitrogens is 3. The number of aryl methyl sites for hydroxylation is 1. The normalized spacial score (nSPS) is 21.4. The number of alkyl halides is 3. The predicted molar refractivity (Wildman–Crippen MR) is 122 cm³/mol. The Morgan fingerprint density at radius 2 is 1.86 bits per heavy atom. The van der Waals surface area contributed by atoms with Crippen LogP contribution in [0.25, 0.3) is 0 Å². The SMILES string of the molecule is Cc1nc(CC(=O)CC2CCC(CCN3CCc4ccc(OCC(F)(F)F)nc4CC3)CC2)no1. The van der Waals surface area contributed by atoms with E-state index in [-0.39, 0.29) is 18.1 Å². The number of carbonyl (C=O) groups excluding carboxylic acids is 1. The van der Waals surface area contributed by atoms with Gasteiger partial charge in [0, 0.05) is 44.6 Å². The molecule has 1 aliphatic carbocycles. The molecule has 0 unspecified atom stereocenters. The highest BCUT2D eigenvalue weighted by Gasteiger charge is 2.29. The van der Waals surface area contributed by atoms with Crippen molar-refractivity contribution in [2.45, 2.75) is 70.9 Å². The third kappa shape index (κ3) is 8.02. The van der Waals surface area contributed by atoms with Gasteiger partial charge in [-0.2, -0.15) is 18.2 Å². The Hall–Kier alpha value is -2.49. The third-order valence-corrected chi connectivity index (χ3v) is 7.05. The van der Waals surface area contributed by atoms with Gasteiger partial charge in [0.1, 0.15) is 5.78 Å². The van der Waals surface area contributed by atoms with Crippen molar-refractivity contribution in [2.75, 3.05) is 26.2 Å². The summed E-state index contributed by atoms with van der Waals surface area (Å²) in [6.45, 7) is 3.19. The maximum Gasteiger partial charge on any atom is 0.422 e. The van der Waals surface area contributed by atoms with Crippen molar-refractivity contribution < 1.29 is 27.2 Å². The number of pyridine rings is 1. The second kappa shape index (κ2) is 11.5. The van der Waals surface area contributed by atoms with E-state index < -0.39 is 12.8 Å². The Labute approximate surface area is 203 Å². The molecular weight excluding hydrogens is 461 g/mol. The maximum atomic E-state index is 12.4. The number of rotatable bonds is 9. The van der Waals surface area contributed by atoms with E-state index in [9.17, 15) is 18.0 Å².